The molecule has 0 aliphatic heterocycles. The first-order valence-electron chi connectivity index (χ1n) is 9.27. The van der Waals surface area contributed by atoms with Crippen LogP contribution < -0.4 is 0 Å². The van der Waals surface area contributed by atoms with Crippen LogP contribution in [-0.2, 0) is 26.7 Å². The quantitative estimate of drug-likeness (QED) is 0.511. The molecule has 0 amide bonds. The summed E-state index contributed by atoms with van der Waals surface area (Å²) in [5.74, 6) is 0. The molecule has 2 heterocycles. The average molecular weight is 356 g/mol. The minimum atomic E-state index is 0.848. The van der Waals surface area contributed by atoms with Crippen molar-refractivity contribution in [2.75, 3.05) is 0 Å². The Labute approximate surface area is 160 Å². The molecule has 0 unspecified atom stereocenters. The highest BCUT2D eigenvalue weighted by atomic mass is 15.3. The monoisotopic (exact) mass is 356 g/mol. The van der Waals surface area contributed by atoms with Crippen LogP contribution in [0.25, 0.3) is 11.0 Å². The molecule has 0 atom stereocenters. The van der Waals surface area contributed by atoms with Crippen molar-refractivity contribution in [1.82, 2.24) is 19.7 Å². The van der Waals surface area contributed by atoms with E-state index in [0.717, 1.165) is 36.4 Å². The van der Waals surface area contributed by atoms with E-state index in [2.05, 4.69) is 81.7 Å². The van der Waals surface area contributed by atoms with E-state index < -0.39 is 0 Å². The molecule has 4 nitrogen and oxygen atoms in total. The summed E-state index contributed by atoms with van der Waals surface area (Å²) in [7, 11) is 1.94. The molecule has 27 heavy (non-hydrogen) atoms. The van der Waals surface area contributed by atoms with Crippen LogP contribution in [0.15, 0.2) is 72.9 Å². The predicted octanol–water partition coefficient (Wildman–Crippen LogP) is 4.48. The Bertz CT molecular complexity index is 981. The molecule has 0 spiro atoms. The van der Waals surface area contributed by atoms with Gasteiger partial charge in [0.25, 0.3) is 0 Å². The molecule has 4 heteroatoms. The summed E-state index contributed by atoms with van der Waals surface area (Å²) in [6.45, 7) is 4.69. The topological polar surface area (TPSA) is 34.0 Å². The maximum atomic E-state index is 4.64. The van der Waals surface area contributed by atoms with Crippen molar-refractivity contribution in [3.05, 3.63) is 95.3 Å². The van der Waals surface area contributed by atoms with Crippen molar-refractivity contribution >= 4 is 11.0 Å². The van der Waals surface area contributed by atoms with E-state index in [1.165, 1.54) is 16.7 Å². The highest BCUT2D eigenvalue weighted by Crippen LogP contribution is 2.19. The molecular weight excluding hydrogens is 332 g/mol. The molecule has 0 saturated heterocycles. The SMILES string of the molecule is Cc1nn(C)c2ncc(CN(Cc3ccccc3)Cc3ccccc3)cc12. The first-order chi connectivity index (χ1) is 13.2. The summed E-state index contributed by atoms with van der Waals surface area (Å²) in [4.78, 5) is 7.10. The lowest BCUT2D eigenvalue weighted by molar-refractivity contribution is 0.247. The van der Waals surface area contributed by atoms with Gasteiger partial charge in [0, 0.05) is 38.3 Å². The van der Waals surface area contributed by atoms with Crippen LogP contribution in [0.1, 0.15) is 22.4 Å². The van der Waals surface area contributed by atoms with E-state index in [4.69, 9.17) is 0 Å². The third-order valence-electron chi connectivity index (χ3n) is 4.82. The molecule has 4 aromatic rings. The van der Waals surface area contributed by atoms with E-state index in [-0.39, 0.29) is 0 Å². The molecular formula is C23H24N4. The Balaban J connectivity index is 1.60. The minimum absolute atomic E-state index is 0.848. The molecule has 0 fully saturated rings. The molecule has 136 valence electrons. The van der Waals surface area contributed by atoms with Gasteiger partial charge in [0.1, 0.15) is 0 Å². The second-order valence-electron chi connectivity index (χ2n) is 7.04. The zero-order valence-electron chi connectivity index (χ0n) is 15.8. The molecule has 0 radical (unpaired) electrons. The average Bonchev–Trinajstić information content (AvgIpc) is 2.97. The van der Waals surface area contributed by atoms with Gasteiger partial charge in [0.2, 0.25) is 0 Å². The van der Waals surface area contributed by atoms with Crippen LogP contribution in [0.5, 0.6) is 0 Å². The molecule has 2 aromatic carbocycles. The van der Waals surface area contributed by atoms with E-state index >= 15 is 0 Å². The molecule has 0 aliphatic rings. The normalized spacial score (nSPS) is 11.4. The van der Waals surface area contributed by atoms with E-state index in [9.17, 15) is 0 Å². The number of hydrogen-bond acceptors (Lipinski definition) is 3. The van der Waals surface area contributed by atoms with Crippen molar-refractivity contribution < 1.29 is 0 Å². The van der Waals surface area contributed by atoms with Gasteiger partial charge < -0.3 is 0 Å². The lowest BCUT2D eigenvalue weighted by atomic mass is 10.1. The van der Waals surface area contributed by atoms with Crippen LogP contribution in [0.3, 0.4) is 0 Å². The highest BCUT2D eigenvalue weighted by Gasteiger charge is 2.12. The molecule has 0 aliphatic carbocycles. The maximum Gasteiger partial charge on any atom is 0.157 e. The maximum absolute atomic E-state index is 4.64. The molecule has 0 bridgehead atoms. The summed E-state index contributed by atoms with van der Waals surface area (Å²) in [6, 6.07) is 23.5. The second-order valence-corrected chi connectivity index (χ2v) is 7.04. The Kier molecular flexibility index (Phi) is 4.99. The number of aryl methyl sites for hydroxylation is 2. The van der Waals surface area contributed by atoms with Gasteiger partial charge in [0.15, 0.2) is 5.65 Å². The fourth-order valence-electron chi connectivity index (χ4n) is 3.55. The standard InChI is InChI=1S/C23H24N4/c1-18-22-13-21(14-24-23(22)26(2)25-18)17-27(15-19-9-5-3-6-10-19)16-20-11-7-4-8-12-20/h3-14H,15-17H2,1-2H3. The van der Waals surface area contributed by atoms with E-state index in [1.807, 2.05) is 24.9 Å². The van der Waals surface area contributed by atoms with Gasteiger partial charge in [-0.2, -0.15) is 5.10 Å². The first-order valence-corrected chi connectivity index (χ1v) is 9.27. The predicted molar refractivity (Wildman–Crippen MR) is 109 cm³/mol. The Morgan fingerprint density at radius 3 is 1.96 bits per heavy atom. The number of pyridine rings is 1. The summed E-state index contributed by atoms with van der Waals surface area (Å²) in [6.07, 6.45) is 1.98. The van der Waals surface area contributed by atoms with E-state index in [0.29, 0.717) is 0 Å². The van der Waals surface area contributed by atoms with Gasteiger partial charge in [0.05, 0.1) is 5.69 Å². The zero-order valence-corrected chi connectivity index (χ0v) is 15.8. The van der Waals surface area contributed by atoms with E-state index in [1.54, 1.807) is 0 Å². The lowest BCUT2D eigenvalue weighted by Crippen LogP contribution is -2.22. The van der Waals surface area contributed by atoms with Gasteiger partial charge in [-0.25, -0.2) is 4.98 Å². The van der Waals surface area contributed by atoms with Crippen molar-refractivity contribution in [2.45, 2.75) is 26.6 Å². The molecule has 0 N–H and O–H groups in total. The van der Waals surface area contributed by atoms with Crippen LogP contribution in [-0.4, -0.2) is 19.7 Å². The molecule has 2 aromatic heterocycles. The van der Waals surface area contributed by atoms with Crippen LogP contribution in [0.2, 0.25) is 0 Å². The number of rotatable bonds is 6. The van der Waals surface area contributed by atoms with Gasteiger partial charge in [-0.15, -0.1) is 0 Å². The summed E-state index contributed by atoms with van der Waals surface area (Å²) < 4.78 is 1.85. The molecule has 4 rings (SSSR count). The van der Waals surface area contributed by atoms with Gasteiger partial charge in [-0.1, -0.05) is 60.7 Å². The van der Waals surface area contributed by atoms with Crippen LogP contribution >= 0.6 is 0 Å². The van der Waals surface area contributed by atoms with Gasteiger partial charge >= 0.3 is 0 Å². The van der Waals surface area contributed by atoms with Crippen molar-refractivity contribution in [2.24, 2.45) is 7.05 Å². The largest absolute Gasteiger partial charge is 0.291 e. The van der Waals surface area contributed by atoms with Gasteiger partial charge in [-0.3, -0.25) is 9.58 Å². The fourth-order valence-corrected chi connectivity index (χ4v) is 3.55. The lowest BCUT2D eigenvalue weighted by Gasteiger charge is -2.23. The smallest absolute Gasteiger partial charge is 0.157 e. The second kappa shape index (κ2) is 7.72. The molecule has 0 saturated carbocycles. The first kappa shape index (κ1) is 17.4. The zero-order chi connectivity index (χ0) is 18.6. The number of aromatic nitrogens is 3. The Morgan fingerprint density at radius 2 is 1.37 bits per heavy atom. The summed E-state index contributed by atoms with van der Waals surface area (Å²) >= 11 is 0. The highest BCUT2D eigenvalue weighted by molar-refractivity contribution is 5.78. The number of fused-ring (bicyclic) bond motifs is 1. The number of nitrogens with zero attached hydrogens (tertiary/aromatic N) is 4. The summed E-state index contributed by atoms with van der Waals surface area (Å²) in [5, 5.41) is 5.62. The Morgan fingerprint density at radius 1 is 0.815 bits per heavy atom. The van der Waals surface area contributed by atoms with Crippen molar-refractivity contribution in [1.29, 1.82) is 0 Å². The van der Waals surface area contributed by atoms with Crippen molar-refractivity contribution in [3.63, 3.8) is 0 Å². The fraction of sp³-hybridized carbons (Fsp3) is 0.217. The Hall–Kier alpha value is -2.98. The summed E-state index contributed by atoms with van der Waals surface area (Å²) in [5.41, 5.74) is 5.82. The number of hydrogen-bond donors (Lipinski definition) is 0. The third kappa shape index (κ3) is 4.07. The van der Waals surface area contributed by atoms with Gasteiger partial charge in [-0.05, 0) is 29.7 Å². The minimum Gasteiger partial charge on any atom is -0.291 e. The van der Waals surface area contributed by atoms with Crippen molar-refractivity contribution in [3.8, 4) is 0 Å². The van der Waals surface area contributed by atoms with Crippen LogP contribution in [0, 0.1) is 6.92 Å². The number of benzene rings is 2. The van der Waals surface area contributed by atoms with Crippen LogP contribution in [0.4, 0.5) is 0 Å². The third-order valence-corrected chi connectivity index (χ3v) is 4.82.